The number of aromatic nitrogens is 1. The maximum atomic E-state index is 12.5. The molecule has 2 rings (SSSR count). The van der Waals surface area contributed by atoms with Crippen LogP contribution in [-0.4, -0.2) is 15.7 Å². The summed E-state index contributed by atoms with van der Waals surface area (Å²) in [5, 5.41) is 3.00. The molecule has 0 aliphatic heterocycles. The fraction of sp³-hybridized carbons (Fsp3) is 0.0769. The molecule has 3 N–H and O–H groups in total. The number of halogens is 2. The molecule has 0 unspecified atom stereocenters. The Bertz CT molecular complexity index is 620. The van der Waals surface area contributed by atoms with E-state index in [-0.39, 0.29) is 4.99 Å². The van der Waals surface area contributed by atoms with Crippen LogP contribution in [0.15, 0.2) is 47.5 Å². The summed E-state index contributed by atoms with van der Waals surface area (Å²) < 4.78 is 25.1. The molecule has 2 aromatic rings. The summed E-state index contributed by atoms with van der Waals surface area (Å²) in [6.07, 6.45) is 1.58. The van der Waals surface area contributed by atoms with Gasteiger partial charge in [0.1, 0.15) is 10.8 Å². The van der Waals surface area contributed by atoms with E-state index in [1.54, 1.807) is 42.6 Å². The summed E-state index contributed by atoms with van der Waals surface area (Å²) in [5.74, 6) is -2.04. The van der Waals surface area contributed by atoms with Crippen molar-refractivity contribution in [3.05, 3.63) is 48.2 Å². The molecule has 0 spiro atoms. The topological polar surface area (TPSA) is 50.9 Å². The number of nitrogens with zero attached hydrogens (tertiary/aromatic N) is 1. The van der Waals surface area contributed by atoms with Gasteiger partial charge in [-0.25, -0.2) is 4.98 Å². The average molecular weight is 311 g/mol. The van der Waals surface area contributed by atoms with Crippen molar-refractivity contribution in [3.63, 3.8) is 0 Å². The zero-order valence-electron chi connectivity index (χ0n) is 10.2. The number of thioether (sulfide) groups is 1. The van der Waals surface area contributed by atoms with Gasteiger partial charge in [-0.1, -0.05) is 36.1 Å². The quantitative estimate of drug-likeness (QED) is 0.650. The van der Waals surface area contributed by atoms with Gasteiger partial charge in [-0.2, -0.15) is 8.78 Å². The number of alkyl halides is 2. The van der Waals surface area contributed by atoms with Crippen LogP contribution in [0.2, 0.25) is 0 Å². The van der Waals surface area contributed by atoms with Crippen LogP contribution in [0.3, 0.4) is 0 Å². The molecule has 0 radical (unpaired) electrons. The first-order valence-electron chi connectivity index (χ1n) is 5.63. The van der Waals surface area contributed by atoms with Gasteiger partial charge in [0.05, 0.1) is 11.3 Å². The predicted molar refractivity (Wildman–Crippen MR) is 81.7 cm³/mol. The lowest BCUT2D eigenvalue weighted by atomic mass is 10.2. The summed E-state index contributed by atoms with van der Waals surface area (Å²) in [6, 6.07) is 10.2. The molecule has 1 heterocycles. The van der Waals surface area contributed by atoms with Crippen molar-refractivity contribution >= 4 is 40.5 Å². The number of hydrogen-bond acceptors (Lipinski definition) is 4. The summed E-state index contributed by atoms with van der Waals surface area (Å²) in [7, 11) is 0. The van der Waals surface area contributed by atoms with Gasteiger partial charge in [0.15, 0.2) is 0 Å². The third kappa shape index (κ3) is 3.64. The van der Waals surface area contributed by atoms with Crippen molar-refractivity contribution in [2.45, 2.75) is 10.7 Å². The van der Waals surface area contributed by atoms with E-state index >= 15 is 0 Å². The lowest BCUT2D eigenvalue weighted by molar-refractivity contribution is 0.252. The second-order valence-corrected chi connectivity index (χ2v) is 5.24. The molecule has 0 saturated carbocycles. The number of nitrogens with one attached hydrogen (secondary N) is 1. The monoisotopic (exact) mass is 311 g/mol. The number of rotatable bonds is 5. The minimum absolute atomic E-state index is 0.194. The summed E-state index contributed by atoms with van der Waals surface area (Å²) in [5.41, 5.74) is 6.72. The second-order valence-electron chi connectivity index (χ2n) is 3.76. The highest BCUT2D eigenvalue weighted by atomic mass is 32.2. The van der Waals surface area contributed by atoms with Gasteiger partial charge < -0.3 is 11.1 Å². The van der Waals surface area contributed by atoms with Crippen LogP contribution >= 0.6 is 24.0 Å². The van der Waals surface area contributed by atoms with Crippen LogP contribution in [0.25, 0.3) is 0 Å². The summed E-state index contributed by atoms with van der Waals surface area (Å²) >= 11 is 5.41. The van der Waals surface area contributed by atoms with Crippen molar-refractivity contribution in [2.24, 2.45) is 5.73 Å². The zero-order chi connectivity index (χ0) is 14.5. The van der Waals surface area contributed by atoms with E-state index < -0.39 is 5.76 Å². The van der Waals surface area contributed by atoms with Crippen LogP contribution in [0, 0.1) is 0 Å². The van der Waals surface area contributed by atoms with Crippen molar-refractivity contribution < 1.29 is 8.78 Å². The second kappa shape index (κ2) is 6.62. The molecule has 0 atom stereocenters. The standard InChI is InChI=1S/C13H11F2N3S2/c14-13(15)20-10-6-2-1-5-9(10)18-12-8(11(16)19)4-3-7-17-12/h1-7,13H,(H2,16,19)(H,17,18). The third-order valence-electron chi connectivity index (χ3n) is 2.43. The van der Waals surface area contributed by atoms with Crippen LogP contribution in [-0.2, 0) is 0 Å². The van der Waals surface area contributed by atoms with E-state index in [9.17, 15) is 8.78 Å². The molecule has 0 amide bonds. The van der Waals surface area contributed by atoms with Gasteiger partial charge in [0.2, 0.25) is 0 Å². The first-order valence-corrected chi connectivity index (χ1v) is 6.92. The number of pyridine rings is 1. The predicted octanol–water partition coefficient (Wildman–Crippen LogP) is 3.77. The van der Waals surface area contributed by atoms with Crippen molar-refractivity contribution in [1.82, 2.24) is 4.98 Å². The van der Waals surface area contributed by atoms with Crippen molar-refractivity contribution in [3.8, 4) is 0 Å². The fourth-order valence-electron chi connectivity index (χ4n) is 1.60. The number of hydrogen-bond donors (Lipinski definition) is 2. The van der Waals surface area contributed by atoms with E-state index in [1.807, 2.05) is 0 Å². The number of para-hydroxylation sites is 1. The Morgan fingerprint density at radius 2 is 2.00 bits per heavy atom. The summed E-state index contributed by atoms with van der Waals surface area (Å²) in [6.45, 7) is 0. The van der Waals surface area contributed by atoms with E-state index in [1.165, 1.54) is 0 Å². The highest BCUT2D eigenvalue weighted by Crippen LogP contribution is 2.33. The van der Waals surface area contributed by atoms with Crippen LogP contribution in [0.1, 0.15) is 5.56 Å². The number of nitrogens with two attached hydrogens (primary N) is 1. The van der Waals surface area contributed by atoms with Crippen LogP contribution in [0.4, 0.5) is 20.3 Å². The lowest BCUT2D eigenvalue weighted by Crippen LogP contribution is -2.12. The number of benzene rings is 1. The van der Waals surface area contributed by atoms with E-state index in [0.29, 0.717) is 33.7 Å². The molecule has 7 heteroatoms. The van der Waals surface area contributed by atoms with Crippen LogP contribution in [0.5, 0.6) is 0 Å². The Morgan fingerprint density at radius 3 is 2.70 bits per heavy atom. The zero-order valence-corrected chi connectivity index (χ0v) is 11.8. The minimum Gasteiger partial charge on any atom is -0.389 e. The maximum Gasteiger partial charge on any atom is 0.288 e. The van der Waals surface area contributed by atoms with Gasteiger partial charge in [-0.3, -0.25) is 0 Å². The van der Waals surface area contributed by atoms with E-state index in [2.05, 4.69) is 10.3 Å². The van der Waals surface area contributed by atoms with Crippen LogP contribution < -0.4 is 11.1 Å². The Labute approximate surface area is 124 Å². The van der Waals surface area contributed by atoms with Crippen molar-refractivity contribution in [1.29, 1.82) is 0 Å². The fourth-order valence-corrected chi connectivity index (χ4v) is 2.36. The molecule has 1 aromatic heterocycles. The van der Waals surface area contributed by atoms with Gasteiger partial charge in [-0.15, -0.1) is 0 Å². The normalized spacial score (nSPS) is 10.6. The molecule has 0 bridgehead atoms. The summed E-state index contributed by atoms with van der Waals surface area (Å²) in [4.78, 5) is 4.77. The highest BCUT2D eigenvalue weighted by Gasteiger charge is 2.12. The molecule has 20 heavy (non-hydrogen) atoms. The molecule has 0 aliphatic carbocycles. The molecular weight excluding hydrogens is 300 g/mol. The first kappa shape index (κ1) is 14.7. The molecular formula is C13H11F2N3S2. The third-order valence-corrected chi connectivity index (χ3v) is 3.44. The SMILES string of the molecule is NC(=S)c1cccnc1Nc1ccccc1SC(F)F. The molecule has 104 valence electrons. The molecule has 0 saturated heterocycles. The Balaban J connectivity index is 2.33. The van der Waals surface area contributed by atoms with Gasteiger partial charge in [0.25, 0.3) is 5.76 Å². The first-order chi connectivity index (χ1) is 9.58. The Kier molecular flexibility index (Phi) is 4.86. The Hall–Kier alpha value is -1.73. The largest absolute Gasteiger partial charge is 0.389 e. The number of thiocarbonyl (C=S) groups is 1. The van der Waals surface area contributed by atoms with Crippen molar-refractivity contribution in [2.75, 3.05) is 5.32 Å². The van der Waals surface area contributed by atoms with Gasteiger partial charge in [0, 0.05) is 11.1 Å². The molecule has 0 fully saturated rings. The van der Waals surface area contributed by atoms with Gasteiger partial charge in [-0.05, 0) is 24.3 Å². The molecule has 0 aliphatic rings. The average Bonchev–Trinajstić information content (AvgIpc) is 2.41. The van der Waals surface area contributed by atoms with Gasteiger partial charge >= 0.3 is 0 Å². The Morgan fingerprint density at radius 1 is 1.25 bits per heavy atom. The maximum absolute atomic E-state index is 12.5. The minimum atomic E-state index is -2.49. The molecule has 1 aromatic carbocycles. The highest BCUT2D eigenvalue weighted by molar-refractivity contribution is 7.99. The smallest absolute Gasteiger partial charge is 0.288 e. The van der Waals surface area contributed by atoms with E-state index in [0.717, 1.165) is 0 Å². The number of anilines is 2. The lowest BCUT2D eigenvalue weighted by Gasteiger charge is -2.13. The van der Waals surface area contributed by atoms with E-state index in [4.69, 9.17) is 18.0 Å². The molecule has 3 nitrogen and oxygen atoms in total.